The molecular weight excluding hydrogens is 174 g/mol. The highest BCUT2D eigenvalue weighted by atomic mass is 35.5. The van der Waals surface area contributed by atoms with Crippen LogP contribution in [0.1, 0.15) is 13.8 Å². The van der Waals surface area contributed by atoms with Crippen molar-refractivity contribution >= 4 is 17.3 Å². The molecule has 1 aromatic carbocycles. The Bertz CT molecular complexity index is 253. The summed E-state index contributed by atoms with van der Waals surface area (Å²) in [5.74, 6) is 0.578. The molecule has 0 atom stereocenters. The highest BCUT2D eigenvalue weighted by molar-refractivity contribution is 6.32. The van der Waals surface area contributed by atoms with Crippen molar-refractivity contribution in [3.63, 3.8) is 0 Å². The molecule has 0 aliphatic heterocycles. The van der Waals surface area contributed by atoms with Crippen LogP contribution in [0.4, 0.5) is 5.69 Å². The van der Waals surface area contributed by atoms with Crippen LogP contribution in [0.15, 0.2) is 18.2 Å². The molecule has 1 aromatic rings. The Labute approximate surface area is 77.3 Å². The molecule has 0 heterocycles. The number of benzene rings is 1. The fourth-order valence-electron chi connectivity index (χ4n) is 0.886. The number of ether oxygens (including phenoxy) is 1. The molecule has 0 unspecified atom stereocenters. The smallest absolute Gasteiger partial charge is 0.161 e. The van der Waals surface area contributed by atoms with Crippen molar-refractivity contribution in [3.05, 3.63) is 23.2 Å². The van der Waals surface area contributed by atoms with Gasteiger partial charge in [0.15, 0.2) is 5.75 Å². The van der Waals surface area contributed by atoms with Crippen LogP contribution in [0.25, 0.3) is 0 Å². The number of halogens is 1. The van der Waals surface area contributed by atoms with Crippen LogP contribution in [-0.4, -0.2) is 6.10 Å². The molecule has 0 saturated carbocycles. The Morgan fingerprint density at radius 1 is 1.42 bits per heavy atom. The average molecular weight is 186 g/mol. The van der Waals surface area contributed by atoms with E-state index in [1.54, 1.807) is 18.2 Å². The molecule has 0 aromatic heterocycles. The van der Waals surface area contributed by atoms with E-state index in [1.165, 1.54) is 0 Å². The van der Waals surface area contributed by atoms with Gasteiger partial charge >= 0.3 is 0 Å². The molecule has 0 amide bonds. The van der Waals surface area contributed by atoms with Crippen molar-refractivity contribution in [3.8, 4) is 5.75 Å². The maximum absolute atomic E-state index is 5.87. The lowest BCUT2D eigenvalue weighted by atomic mass is 10.3. The Morgan fingerprint density at radius 3 is 2.58 bits per heavy atom. The molecule has 12 heavy (non-hydrogen) atoms. The third-order valence-corrected chi connectivity index (χ3v) is 1.65. The third kappa shape index (κ3) is 2.05. The van der Waals surface area contributed by atoms with E-state index >= 15 is 0 Å². The summed E-state index contributed by atoms with van der Waals surface area (Å²) in [7, 11) is 0. The summed E-state index contributed by atoms with van der Waals surface area (Å²) in [4.78, 5) is 0. The molecular formula is C9H12ClNO. The molecule has 0 saturated heterocycles. The number of hydrogen-bond donors (Lipinski definition) is 1. The topological polar surface area (TPSA) is 35.2 Å². The summed E-state index contributed by atoms with van der Waals surface area (Å²) in [6, 6.07) is 5.32. The Morgan fingerprint density at radius 2 is 2.08 bits per heavy atom. The van der Waals surface area contributed by atoms with Crippen LogP contribution < -0.4 is 10.5 Å². The summed E-state index contributed by atoms with van der Waals surface area (Å²) >= 11 is 5.87. The number of nitrogen functional groups attached to an aromatic ring is 1. The van der Waals surface area contributed by atoms with Gasteiger partial charge in [0.25, 0.3) is 0 Å². The minimum Gasteiger partial charge on any atom is -0.487 e. The highest BCUT2D eigenvalue weighted by Crippen LogP contribution is 2.31. The molecule has 0 fully saturated rings. The highest BCUT2D eigenvalue weighted by Gasteiger charge is 2.06. The molecule has 0 aliphatic carbocycles. The predicted octanol–water partition coefficient (Wildman–Crippen LogP) is 2.71. The summed E-state index contributed by atoms with van der Waals surface area (Å²) < 4.78 is 5.42. The molecule has 2 N–H and O–H groups in total. The summed E-state index contributed by atoms with van der Waals surface area (Å²) in [6.45, 7) is 3.87. The summed E-state index contributed by atoms with van der Waals surface area (Å²) in [6.07, 6.45) is 0.0900. The van der Waals surface area contributed by atoms with Gasteiger partial charge < -0.3 is 10.5 Å². The number of rotatable bonds is 2. The van der Waals surface area contributed by atoms with E-state index in [4.69, 9.17) is 22.1 Å². The fourth-order valence-corrected chi connectivity index (χ4v) is 1.11. The Balaban J connectivity index is 2.96. The first-order chi connectivity index (χ1) is 5.61. The molecule has 1 rings (SSSR count). The second-order valence-electron chi connectivity index (χ2n) is 2.82. The van der Waals surface area contributed by atoms with Gasteiger partial charge in [-0.1, -0.05) is 17.7 Å². The lowest BCUT2D eigenvalue weighted by Crippen LogP contribution is -2.07. The van der Waals surface area contributed by atoms with E-state index in [9.17, 15) is 0 Å². The maximum Gasteiger partial charge on any atom is 0.161 e. The van der Waals surface area contributed by atoms with Gasteiger partial charge in [0.2, 0.25) is 0 Å². The van der Waals surface area contributed by atoms with Gasteiger partial charge in [-0.25, -0.2) is 0 Å². The van der Waals surface area contributed by atoms with E-state index in [2.05, 4.69) is 0 Å². The van der Waals surface area contributed by atoms with Crippen LogP contribution in [0, 0.1) is 0 Å². The molecule has 0 bridgehead atoms. The first-order valence-electron chi connectivity index (χ1n) is 3.82. The molecule has 3 heteroatoms. The largest absolute Gasteiger partial charge is 0.487 e. The van der Waals surface area contributed by atoms with E-state index < -0.39 is 0 Å². The Kier molecular flexibility index (Phi) is 2.82. The normalized spacial score (nSPS) is 10.3. The zero-order valence-electron chi connectivity index (χ0n) is 7.17. The van der Waals surface area contributed by atoms with Crippen molar-refractivity contribution in [1.29, 1.82) is 0 Å². The van der Waals surface area contributed by atoms with E-state index in [1.807, 2.05) is 13.8 Å². The van der Waals surface area contributed by atoms with Crippen molar-refractivity contribution < 1.29 is 4.74 Å². The van der Waals surface area contributed by atoms with E-state index in [0.29, 0.717) is 16.5 Å². The second kappa shape index (κ2) is 3.68. The quantitative estimate of drug-likeness (QED) is 0.720. The minimum atomic E-state index is 0.0900. The summed E-state index contributed by atoms with van der Waals surface area (Å²) in [5.41, 5.74) is 6.24. The van der Waals surface area contributed by atoms with Gasteiger partial charge in [-0.05, 0) is 26.0 Å². The average Bonchev–Trinajstić information content (AvgIpc) is 1.97. The van der Waals surface area contributed by atoms with Crippen molar-refractivity contribution in [2.45, 2.75) is 20.0 Å². The van der Waals surface area contributed by atoms with Crippen LogP contribution >= 0.6 is 11.6 Å². The second-order valence-corrected chi connectivity index (χ2v) is 3.23. The molecule has 2 nitrogen and oxygen atoms in total. The van der Waals surface area contributed by atoms with Gasteiger partial charge in [0.05, 0.1) is 16.8 Å². The monoisotopic (exact) mass is 185 g/mol. The van der Waals surface area contributed by atoms with Crippen LogP contribution in [-0.2, 0) is 0 Å². The number of anilines is 1. The van der Waals surface area contributed by atoms with E-state index in [0.717, 1.165) is 0 Å². The van der Waals surface area contributed by atoms with Gasteiger partial charge in [-0.3, -0.25) is 0 Å². The number of hydrogen-bond acceptors (Lipinski definition) is 2. The first kappa shape index (κ1) is 9.20. The number of para-hydroxylation sites is 1. The zero-order chi connectivity index (χ0) is 9.14. The van der Waals surface area contributed by atoms with E-state index in [-0.39, 0.29) is 6.10 Å². The van der Waals surface area contributed by atoms with Crippen LogP contribution in [0.5, 0.6) is 5.75 Å². The number of nitrogens with two attached hydrogens (primary N) is 1. The van der Waals surface area contributed by atoms with Crippen molar-refractivity contribution in [2.24, 2.45) is 0 Å². The van der Waals surface area contributed by atoms with Crippen molar-refractivity contribution in [2.75, 3.05) is 5.73 Å². The van der Waals surface area contributed by atoms with Crippen LogP contribution in [0.3, 0.4) is 0 Å². The zero-order valence-corrected chi connectivity index (χ0v) is 7.93. The molecule has 0 radical (unpaired) electrons. The summed E-state index contributed by atoms with van der Waals surface area (Å²) in [5, 5.41) is 0.559. The lowest BCUT2D eigenvalue weighted by Gasteiger charge is -2.12. The SMILES string of the molecule is CC(C)Oc1c(N)cccc1Cl. The minimum absolute atomic E-state index is 0.0900. The Hall–Kier alpha value is -0.890. The molecule has 0 aliphatic rings. The molecule has 0 spiro atoms. The van der Waals surface area contributed by atoms with Crippen LogP contribution in [0.2, 0.25) is 5.02 Å². The lowest BCUT2D eigenvalue weighted by molar-refractivity contribution is 0.244. The van der Waals surface area contributed by atoms with Gasteiger partial charge in [-0.15, -0.1) is 0 Å². The van der Waals surface area contributed by atoms with Crippen molar-refractivity contribution in [1.82, 2.24) is 0 Å². The molecule has 66 valence electrons. The van der Waals surface area contributed by atoms with Gasteiger partial charge in [0.1, 0.15) is 0 Å². The predicted molar refractivity (Wildman–Crippen MR) is 51.6 cm³/mol. The third-order valence-electron chi connectivity index (χ3n) is 1.35. The standard InChI is InChI=1S/C9H12ClNO/c1-6(2)12-9-7(10)4-3-5-8(9)11/h3-6H,11H2,1-2H3. The van der Waals surface area contributed by atoms with Gasteiger partial charge in [-0.2, -0.15) is 0 Å². The first-order valence-corrected chi connectivity index (χ1v) is 4.19. The fraction of sp³-hybridized carbons (Fsp3) is 0.333. The van der Waals surface area contributed by atoms with Gasteiger partial charge in [0, 0.05) is 0 Å². The maximum atomic E-state index is 5.87.